The number of hydrazine groups is 1. The highest BCUT2D eigenvalue weighted by Gasteiger charge is 2.24. The van der Waals surface area contributed by atoms with E-state index in [2.05, 4.69) is 27.3 Å². The molecule has 19 heavy (non-hydrogen) atoms. The van der Waals surface area contributed by atoms with Gasteiger partial charge in [0.15, 0.2) is 5.82 Å². The summed E-state index contributed by atoms with van der Waals surface area (Å²) >= 11 is 12.2. The van der Waals surface area contributed by atoms with Crippen LogP contribution in [0.15, 0.2) is 6.07 Å². The molecule has 106 valence electrons. The van der Waals surface area contributed by atoms with Gasteiger partial charge in [0, 0.05) is 19.6 Å². The number of halogens is 2. The summed E-state index contributed by atoms with van der Waals surface area (Å²) < 4.78 is 0. The first kappa shape index (κ1) is 14.7. The van der Waals surface area contributed by atoms with Crippen molar-refractivity contribution >= 4 is 34.8 Å². The topological polar surface area (TPSA) is 57.4 Å². The number of nitrogen functional groups attached to an aromatic ring is 1. The van der Waals surface area contributed by atoms with Gasteiger partial charge < -0.3 is 15.2 Å². The van der Waals surface area contributed by atoms with Crippen molar-refractivity contribution in [3.05, 3.63) is 16.1 Å². The SMILES string of the molecule is CN1CCCC(N(C)c2nc(NN)c(Cl)cc2Cl)C1. The summed E-state index contributed by atoms with van der Waals surface area (Å²) in [7, 11) is 4.13. The molecule has 1 aromatic heterocycles. The van der Waals surface area contributed by atoms with Gasteiger partial charge in [-0.05, 0) is 32.5 Å². The highest BCUT2D eigenvalue weighted by molar-refractivity contribution is 6.37. The second-order valence-electron chi connectivity index (χ2n) is 4.94. The number of likely N-dealkylation sites (N-methyl/N-ethyl adjacent to an activating group) is 2. The fraction of sp³-hybridized carbons (Fsp3) is 0.583. The summed E-state index contributed by atoms with van der Waals surface area (Å²) in [6, 6.07) is 2.07. The molecule has 7 heteroatoms. The largest absolute Gasteiger partial charge is 0.354 e. The van der Waals surface area contributed by atoms with Crippen molar-refractivity contribution in [3.63, 3.8) is 0 Å². The predicted octanol–water partition coefficient (Wildman–Crippen LogP) is 2.20. The van der Waals surface area contributed by atoms with Gasteiger partial charge in [0.05, 0.1) is 10.0 Å². The van der Waals surface area contributed by atoms with E-state index >= 15 is 0 Å². The van der Waals surface area contributed by atoms with Crippen LogP contribution in [0.2, 0.25) is 10.0 Å². The van der Waals surface area contributed by atoms with Crippen LogP contribution in [0.5, 0.6) is 0 Å². The van der Waals surface area contributed by atoms with Gasteiger partial charge in [-0.2, -0.15) is 0 Å². The highest BCUT2D eigenvalue weighted by Crippen LogP contribution is 2.32. The number of nitrogens with two attached hydrogens (primary N) is 1. The summed E-state index contributed by atoms with van der Waals surface area (Å²) in [4.78, 5) is 8.82. The monoisotopic (exact) mass is 303 g/mol. The maximum atomic E-state index is 6.24. The number of rotatable bonds is 3. The number of nitrogens with one attached hydrogen (secondary N) is 1. The molecule has 3 N–H and O–H groups in total. The van der Waals surface area contributed by atoms with Gasteiger partial charge in [0.2, 0.25) is 0 Å². The molecule has 0 aromatic carbocycles. The Morgan fingerprint density at radius 3 is 2.84 bits per heavy atom. The fourth-order valence-corrected chi connectivity index (χ4v) is 2.98. The zero-order valence-corrected chi connectivity index (χ0v) is 12.7. The average molecular weight is 304 g/mol. The van der Waals surface area contributed by atoms with Gasteiger partial charge in [-0.15, -0.1) is 0 Å². The van der Waals surface area contributed by atoms with E-state index in [1.54, 1.807) is 6.07 Å². The van der Waals surface area contributed by atoms with Crippen LogP contribution in [0.1, 0.15) is 12.8 Å². The molecule has 1 aromatic rings. The molecule has 1 saturated heterocycles. The Bertz CT molecular complexity index is 454. The van der Waals surface area contributed by atoms with Crippen molar-refractivity contribution in [1.29, 1.82) is 0 Å². The van der Waals surface area contributed by atoms with Gasteiger partial charge in [-0.1, -0.05) is 23.2 Å². The van der Waals surface area contributed by atoms with Gasteiger partial charge in [0.25, 0.3) is 0 Å². The van der Waals surface area contributed by atoms with E-state index in [-0.39, 0.29) is 0 Å². The lowest BCUT2D eigenvalue weighted by atomic mass is 10.1. The van der Waals surface area contributed by atoms with E-state index in [4.69, 9.17) is 29.0 Å². The molecular formula is C12H19Cl2N5. The minimum absolute atomic E-state index is 0.399. The molecule has 1 fully saturated rings. The highest BCUT2D eigenvalue weighted by atomic mass is 35.5. The number of nitrogens with zero attached hydrogens (tertiary/aromatic N) is 3. The number of pyridine rings is 1. The quantitative estimate of drug-likeness (QED) is 0.662. The zero-order chi connectivity index (χ0) is 14.0. The first-order chi connectivity index (χ1) is 9.02. The Labute approximate surface area is 123 Å². The van der Waals surface area contributed by atoms with Crippen molar-refractivity contribution in [2.24, 2.45) is 5.84 Å². The minimum atomic E-state index is 0.399. The second kappa shape index (κ2) is 6.13. The Balaban J connectivity index is 2.25. The molecule has 0 aliphatic carbocycles. The van der Waals surface area contributed by atoms with Crippen molar-refractivity contribution in [2.45, 2.75) is 18.9 Å². The van der Waals surface area contributed by atoms with Crippen LogP contribution in [0.4, 0.5) is 11.6 Å². The maximum absolute atomic E-state index is 6.24. The van der Waals surface area contributed by atoms with E-state index in [1.807, 2.05) is 7.05 Å². The Hall–Kier alpha value is -0.750. The van der Waals surface area contributed by atoms with Crippen LogP contribution >= 0.6 is 23.2 Å². The molecular weight excluding hydrogens is 285 g/mol. The normalized spacial score (nSPS) is 20.4. The summed E-state index contributed by atoms with van der Waals surface area (Å²) in [5.74, 6) is 6.55. The Morgan fingerprint density at radius 2 is 2.21 bits per heavy atom. The average Bonchev–Trinajstić information content (AvgIpc) is 2.38. The summed E-state index contributed by atoms with van der Waals surface area (Å²) in [5, 5.41) is 0.963. The Morgan fingerprint density at radius 1 is 1.47 bits per heavy atom. The fourth-order valence-electron chi connectivity index (χ4n) is 2.43. The molecule has 0 amide bonds. The molecule has 5 nitrogen and oxygen atoms in total. The molecule has 1 atom stereocenters. The number of piperidine rings is 1. The predicted molar refractivity (Wildman–Crippen MR) is 81.0 cm³/mol. The van der Waals surface area contributed by atoms with E-state index in [9.17, 15) is 0 Å². The van der Waals surface area contributed by atoms with Crippen molar-refractivity contribution in [2.75, 3.05) is 37.5 Å². The first-order valence-corrected chi connectivity index (χ1v) is 7.02. The molecule has 0 radical (unpaired) electrons. The van der Waals surface area contributed by atoms with E-state index in [0.717, 1.165) is 19.5 Å². The molecule has 0 saturated carbocycles. The van der Waals surface area contributed by atoms with E-state index < -0.39 is 0 Å². The van der Waals surface area contributed by atoms with Crippen LogP contribution in [0.3, 0.4) is 0 Å². The minimum Gasteiger partial charge on any atom is -0.354 e. The lowest BCUT2D eigenvalue weighted by Gasteiger charge is -2.36. The summed E-state index contributed by atoms with van der Waals surface area (Å²) in [6.07, 6.45) is 2.31. The lowest BCUT2D eigenvalue weighted by Crippen LogP contribution is -2.45. The number of hydrogen-bond acceptors (Lipinski definition) is 5. The van der Waals surface area contributed by atoms with Gasteiger partial charge in [-0.25, -0.2) is 10.8 Å². The second-order valence-corrected chi connectivity index (χ2v) is 5.75. The third kappa shape index (κ3) is 3.23. The number of hydrogen-bond donors (Lipinski definition) is 2. The third-order valence-electron chi connectivity index (χ3n) is 3.53. The number of anilines is 2. The summed E-state index contributed by atoms with van der Waals surface area (Å²) in [6.45, 7) is 2.14. The molecule has 1 unspecified atom stereocenters. The smallest absolute Gasteiger partial charge is 0.161 e. The molecule has 2 heterocycles. The van der Waals surface area contributed by atoms with Crippen LogP contribution in [-0.2, 0) is 0 Å². The third-order valence-corrected chi connectivity index (χ3v) is 4.10. The number of likely N-dealkylation sites (tertiary alicyclic amines) is 1. The lowest BCUT2D eigenvalue weighted by molar-refractivity contribution is 0.247. The molecule has 0 bridgehead atoms. The standard InChI is InChI=1S/C12H19Cl2N5/c1-18-5-3-4-8(7-18)19(2)12-10(14)6-9(13)11(16-12)17-15/h6,8H,3-5,7,15H2,1-2H3,(H,16,17). The van der Waals surface area contributed by atoms with Crippen LogP contribution < -0.4 is 16.2 Å². The molecule has 0 spiro atoms. The maximum Gasteiger partial charge on any atom is 0.161 e. The van der Waals surface area contributed by atoms with Crippen LogP contribution in [0, 0.1) is 0 Å². The van der Waals surface area contributed by atoms with Crippen LogP contribution in [-0.4, -0.2) is 43.1 Å². The van der Waals surface area contributed by atoms with Crippen molar-refractivity contribution in [1.82, 2.24) is 9.88 Å². The molecule has 1 aliphatic heterocycles. The number of aromatic nitrogens is 1. The van der Waals surface area contributed by atoms with Gasteiger partial charge in [0.1, 0.15) is 5.82 Å². The molecule has 2 rings (SSSR count). The van der Waals surface area contributed by atoms with Gasteiger partial charge in [-0.3, -0.25) is 0 Å². The van der Waals surface area contributed by atoms with E-state index in [1.165, 1.54) is 6.42 Å². The van der Waals surface area contributed by atoms with Crippen molar-refractivity contribution < 1.29 is 0 Å². The van der Waals surface area contributed by atoms with Crippen molar-refractivity contribution in [3.8, 4) is 0 Å². The van der Waals surface area contributed by atoms with Gasteiger partial charge >= 0.3 is 0 Å². The molecule has 1 aliphatic rings. The first-order valence-electron chi connectivity index (χ1n) is 6.27. The summed E-state index contributed by atoms with van der Waals surface area (Å²) in [5.41, 5.74) is 2.49. The van der Waals surface area contributed by atoms with E-state index in [0.29, 0.717) is 27.7 Å². The van der Waals surface area contributed by atoms with Crippen LogP contribution in [0.25, 0.3) is 0 Å². The zero-order valence-electron chi connectivity index (χ0n) is 11.2. The Kier molecular flexibility index (Phi) is 4.73.